The Morgan fingerprint density at radius 1 is 1.25 bits per heavy atom. The van der Waals surface area contributed by atoms with E-state index in [0.29, 0.717) is 19.5 Å². The Bertz CT molecular complexity index is 1020. The molecule has 0 fully saturated rings. The summed E-state index contributed by atoms with van der Waals surface area (Å²) in [7, 11) is 1.68. The molecule has 1 aliphatic rings. The fourth-order valence-electron chi connectivity index (χ4n) is 3.74. The molecule has 3 N–H and O–H groups in total. The SMILES string of the molecule is COc1ccccc1C1=CCN(C(=O)C(N)Cc2[nH]nc3ccccc23)CC1. The van der Waals surface area contributed by atoms with Crippen LogP contribution in [0.2, 0.25) is 0 Å². The molecule has 2 heterocycles. The van der Waals surface area contributed by atoms with Gasteiger partial charge in [-0.2, -0.15) is 5.10 Å². The summed E-state index contributed by atoms with van der Waals surface area (Å²) in [5, 5.41) is 8.31. The number of nitrogens with zero attached hydrogens (tertiary/aromatic N) is 2. The standard InChI is InChI=1S/C22H24N4O2/c1-28-21-9-5-3-6-16(21)15-10-12-26(13-11-15)22(27)18(23)14-20-17-7-2-4-8-19(17)24-25-20/h2-10,18H,11-14,23H2,1H3,(H,24,25). The van der Waals surface area contributed by atoms with E-state index < -0.39 is 6.04 Å². The van der Waals surface area contributed by atoms with E-state index in [-0.39, 0.29) is 5.91 Å². The summed E-state index contributed by atoms with van der Waals surface area (Å²) in [6, 6.07) is 15.2. The third-order valence-electron chi connectivity index (χ3n) is 5.26. The van der Waals surface area contributed by atoms with Crippen molar-refractivity contribution >= 4 is 22.4 Å². The van der Waals surface area contributed by atoms with Gasteiger partial charge >= 0.3 is 0 Å². The first-order valence-electron chi connectivity index (χ1n) is 9.46. The van der Waals surface area contributed by atoms with E-state index in [1.54, 1.807) is 7.11 Å². The zero-order valence-corrected chi connectivity index (χ0v) is 15.9. The minimum Gasteiger partial charge on any atom is -0.496 e. The van der Waals surface area contributed by atoms with Crippen LogP contribution in [0.3, 0.4) is 0 Å². The minimum absolute atomic E-state index is 0.0333. The molecule has 1 aliphatic heterocycles. The monoisotopic (exact) mass is 376 g/mol. The highest BCUT2D eigenvalue weighted by atomic mass is 16.5. The molecule has 1 aromatic heterocycles. The predicted molar refractivity (Wildman–Crippen MR) is 110 cm³/mol. The average Bonchev–Trinajstić information content (AvgIpc) is 3.16. The number of hydrogen-bond donors (Lipinski definition) is 2. The molecule has 3 aromatic rings. The molecule has 0 radical (unpaired) electrons. The number of benzene rings is 2. The average molecular weight is 376 g/mol. The van der Waals surface area contributed by atoms with Crippen molar-refractivity contribution in [3.8, 4) is 5.75 Å². The molecule has 6 heteroatoms. The maximum atomic E-state index is 12.8. The Hall–Kier alpha value is -3.12. The predicted octanol–water partition coefficient (Wildman–Crippen LogP) is 2.76. The van der Waals surface area contributed by atoms with Crippen molar-refractivity contribution in [3.05, 3.63) is 65.9 Å². The second kappa shape index (κ2) is 7.86. The van der Waals surface area contributed by atoms with Gasteiger partial charge in [-0.3, -0.25) is 9.89 Å². The van der Waals surface area contributed by atoms with Crippen molar-refractivity contribution in [1.82, 2.24) is 15.1 Å². The van der Waals surface area contributed by atoms with Crippen LogP contribution in [0.25, 0.3) is 16.5 Å². The van der Waals surface area contributed by atoms with E-state index >= 15 is 0 Å². The van der Waals surface area contributed by atoms with E-state index in [4.69, 9.17) is 10.5 Å². The minimum atomic E-state index is -0.593. The normalized spacial score (nSPS) is 15.4. The zero-order valence-electron chi connectivity index (χ0n) is 15.9. The van der Waals surface area contributed by atoms with E-state index in [0.717, 1.165) is 34.3 Å². The van der Waals surface area contributed by atoms with Crippen molar-refractivity contribution < 1.29 is 9.53 Å². The summed E-state index contributed by atoms with van der Waals surface area (Å²) in [5.41, 5.74) is 10.3. The van der Waals surface area contributed by atoms with Gasteiger partial charge in [-0.1, -0.05) is 42.5 Å². The first-order chi connectivity index (χ1) is 13.7. The molecule has 0 bridgehead atoms. The van der Waals surface area contributed by atoms with Crippen molar-refractivity contribution in [2.24, 2.45) is 5.73 Å². The molecular weight excluding hydrogens is 352 g/mol. The molecular formula is C22H24N4O2. The second-order valence-corrected chi connectivity index (χ2v) is 6.99. The Morgan fingerprint density at radius 2 is 2.04 bits per heavy atom. The number of nitrogens with two attached hydrogens (primary N) is 1. The lowest BCUT2D eigenvalue weighted by Gasteiger charge is -2.29. The highest BCUT2D eigenvalue weighted by Gasteiger charge is 2.25. The van der Waals surface area contributed by atoms with Crippen molar-refractivity contribution in [2.75, 3.05) is 20.2 Å². The van der Waals surface area contributed by atoms with E-state index in [1.807, 2.05) is 47.4 Å². The number of rotatable bonds is 5. The highest BCUT2D eigenvalue weighted by molar-refractivity contribution is 5.86. The fourth-order valence-corrected chi connectivity index (χ4v) is 3.74. The maximum Gasteiger partial charge on any atom is 0.240 e. The Morgan fingerprint density at radius 3 is 2.82 bits per heavy atom. The van der Waals surface area contributed by atoms with Crippen LogP contribution in [0.15, 0.2) is 54.6 Å². The highest BCUT2D eigenvalue weighted by Crippen LogP contribution is 2.30. The van der Waals surface area contributed by atoms with Crippen molar-refractivity contribution in [2.45, 2.75) is 18.9 Å². The lowest BCUT2D eigenvalue weighted by Crippen LogP contribution is -2.46. The molecule has 1 unspecified atom stereocenters. The number of methoxy groups -OCH3 is 1. The molecule has 4 rings (SSSR count). The fraction of sp³-hybridized carbons (Fsp3) is 0.273. The number of aromatic amines is 1. The molecule has 1 amide bonds. The summed E-state index contributed by atoms with van der Waals surface area (Å²) in [5.74, 6) is 0.824. The molecule has 28 heavy (non-hydrogen) atoms. The van der Waals surface area contributed by atoms with Gasteiger partial charge in [0.1, 0.15) is 5.75 Å². The van der Waals surface area contributed by atoms with Crippen LogP contribution in [-0.2, 0) is 11.2 Å². The molecule has 2 aromatic carbocycles. The number of aromatic nitrogens is 2. The number of carbonyl (C=O) groups excluding carboxylic acids is 1. The number of para-hydroxylation sites is 2. The van der Waals surface area contributed by atoms with Gasteiger partial charge in [0.15, 0.2) is 0 Å². The van der Waals surface area contributed by atoms with Gasteiger partial charge in [0, 0.05) is 36.2 Å². The van der Waals surface area contributed by atoms with Crippen LogP contribution in [-0.4, -0.2) is 47.2 Å². The van der Waals surface area contributed by atoms with Crippen LogP contribution in [0.1, 0.15) is 17.7 Å². The Balaban J connectivity index is 1.44. The summed E-state index contributed by atoms with van der Waals surface area (Å²) >= 11 is 0. The first kappa shape index (κ1) is 18.3. The molecule has 0 saturated carbocycles. The lowest BCUT2D eigenvalue weighted by molar-refractivity contribution is -0.132. The molecule has 0 aliphatic carbocycles. The third kappa shape index (κ3) is 3.51. The van der Waals surface area contributed by atoms with Gasteiger partial charge in [0.2, 0.25) is 5.91 Å². The van der Waals surface area contributed by atoms with Crippen LogP contribution < -0.4 is 10.5 Å². The van der Waals surface area contributed by atoms with Gasteiger partial charge in [-0.15, -0.1) is 0 Å². The number of amides is 1. The van der Waals surface area contributed by atoms with E-state index in [2.05, 4.69) is 22.3 Å². The summed E-state index contributed by atoms with van der Waals surface area (Å²) in [4.78, 5) is 14.7. The Kier molecular flexibility index (Phi) is 5.12. The second-order valence-electron chi connectivity index (χ2n) is 6.99. The number of fused-ring (bicyclic) bond motifs is 1. The summed E-state index contributed by atoms with van der Waals surface area (Å²) < 4.78 is 5.45. The summed E-state index contributed by atoms with van der Waals surface area (Å²) in [6.07, 6.45) is 3.32. The third-order valence-corrected chi connectivity index (χ3v) is 5.26. The quantitative estimate of drug-likeness (QED) is 0.717. The molecule has 6 nitrogen and oxygen atoms in total. The molecule has 0 spiro atoms. The van der Waals surface area contributed by atoms with Crippen LogP contribution in [0.5, 0.6) is 5.75 Å². The summed E-state index contributed by atoms with van der Waals surface area (Å²) in [6.45, 7) is 1.21. The van der Waals surface area contributed by atoms with E-state index in [1.165, 1.54) is 5.57 Å². The first-order valence-corrected chi connectivity index (χ1v) is 9.46. The van der Waals surface area contributed by atoms with Crippen molar-refractivity contribution in [3.63, 3.8) is 0 Å². The number of carbonyl (C=O) groups is 1. The number of H-pyrrole nitrogens is 1. The number of nitrogens with one attached hydrogen (secondary N) is 1. The molecule has 1 atom stereocenters. The Labute approximate surface area is 164 Å². The van der Waals surface area contributed by atoms with Crippen LogP contribution in [0.4, 0.5) is 0 Å². The smallest absolute Gasteiger partial charge is 0.240 e. The van der Waals surface area contributed by atoms with Gasteiger partial charge in [-0.25, -0.2) is 0 Å². The zero-order chi connectivity index (χ0) is 19.5. The van der Waals surface area contributed by atoms with E-state index in [9.17, 15) is 4.79 Å². The number of hydrogen-bond acceptors (Lipinski definition) is 4. The van der Waals surface area contributed by atoms with Crippen LogP contribution in [0, 0.1) is 0 Å². The van der Waals surface area contributed by atoms with Gasteiger partial charge in [-0.05, 0) is 24.1 Å². The topological polar surface area (TPSA) is 84.2 Å². The van der Waals surface area contributed by atoms with Crippen molar-refractivity contribution in [1.29, 1.82) is 0 Å². The molecule has 0 saturated heterocycles. The van der Waals surface area contributed by atoms with Gasteiger partial charge < -0.3 is 15.4 Å². The van der Waals surface area contributed by atoms with Gasteiger partial charge in [0.05, 0.1) is 18.7 Å². The maximum absolute atomic E-state index is 12.8. The lowest BCUT2D eigenvalue weighted by atomic mass is 9.98. The number of ether oxygens (including phenoxy) is 1. The van der Waals surface area contributed by atoms with Gasteiger partial charge in [0.25, 0.3) is 0 Å². The van der Waals surface area contributed by atoms with Crippen LogP contribution >= 0.6 is 0 Å². The molecule has 144 valence electrons. The largest absolute Gasteiger partial charge is 0.496 e.